The molecule has 2 aromatic carbocycles. The number of ether oxygens (including phenoxy) is 2. The third-order valence-corrected chi connectivity index (χ3v) is 5.40. The summed E-state index contributed by atoms with van der Waals surface area (Å²) in [4.78, 5) is 38.2. The quantitative estimate of drug-likeness (QED) is 0.611. The summed E-state index contributed by atoms with van der Waals surface area (Å²) in [7, 11) is 3.16. The number of methoxy groups -OCH3 is 2. The number of urea groups is 1. The van der Waals surface area contributed by atoms with Crippen molar-refractivity contribution in [3.63, 3.8) is 0 Å². The molecule has 1 aliphatic heterocycles. The van der Waals surface area contributed by atoms with Crippen LogP contribution in [0.15, 0.2) is 53.4 Å². The van der Waals surface area contributed by atoms with Crippen LogP contribution in [0.4, 0.5) is 9.59 Å². The maximum Gasteiger partial charge on any atom is 0.315 e. The predicted octanol–water partition coefficient (Wildman–Crippen LogP) is 3.24. The third kappa shape index (κ3) is 6.02. The van der Waals surface area contributed by atoms with Crippen LogP contribution in [0.3, 0.4) is 0 Å². The molecule has 0 aromatic heterocycles. The molecule has 9 heteroatoms. The minimum Gasteiger partial charge on any atom is -0.497 e. The average Bonchev–Trinajstić information content (AvgIpc) is 3.05. The molecule has 4 amide bonds. The van der Waals surface area contributed by atoms with Crippen LogP contribution in [0.2, 0.25) is 0 Å². The van der Waals surface area contributed by atoms with Crippen LogP contribution < -0.4 is 20.1 Å². The van der Waals surface area contributed by atoms with Crippen LogP contribution in [0.5, 0.6) is 11.5 Å². The van der Waals surface area contributed by atoms with Gasteiger partial charge in [0.05, 0.1) is 19.1 Å². The Bertz CT molecular complexity index is 991. The molecule has 3 rings (SSSR count). The van der Waals surface area contributed by atoms with Crippen molar-refractivity contribution in [2.75, 3.05) is 27.3 Å². The lowest BCUT2D eigenvalue weighted by atomic mass is 10.2. The van der Waals surface area contributed by atoms with E-state index in [1.165, 1.54) is 0 Å². The van der Waals surface area contributed by atoms with E-state index in [9.17, 15) is 14.4 Å². The predicted molar refractivity (Wildman–Crippen MR) is 119 cm³/mol. The summed E-state index contributed by atoms with van der Waals surface area (Å²) in [5.41, 5.74) is 1.69. The molecule has 0 bridgehead atoms. The van der Waals surface area contributed by atoms with Crippen molar-refractivity contribution in [3.8, 4) is 11.5 Å². The van der Waals surface area contributed by atoms with Gasteiger partial charge in [0.1, 0.15) is 11.5 Å². The fourth-order valence-electron chi connectivity index (χ4n) is 2.85. The van der Waals surface area contributed by atoms with Gasteiger partial charge in [0.25, 0.3) is 11.1 Å². The number of imide groups is 1. The van der Waals surface area contributed by atoms with Gasteiger partial charge in [-0.15, -0.1) is 0 Å². The molecule has 0 aliphatic carbocycles. The van der Waals surface area contributed by atoms with Gasteiger partial charge in [-0.25, -0.2) is 4.79 Å². The highest BCUT2D eigenvalue weighted by molar-refractivity contribution is 8.18. The second-order valence-electron chi connectivity index (χ2n) is 6.57. The molecular formula is C22H23N3O5S. The molecular weight excluding hydrogens is 418 g/mol. The van der Waals surface area contributed by atoms with E-state index in [1.54, 1.807) is 44.6 Å². The number of hydrogen-bond acceptors (Lipinski definition) is 6. The monoisotopic (exact) mass is 441 g/mol. The fraction of sp³-hybridized carbons (Fsp3) is 0.227. The van der Waals surface area contributed by atoms with Crippen LogP contribution in [0, 0.1) is 0 Å². The highest BCUT2D eigenvalue weighted by Gasteiger charge is 2.34. The van der Waals surface area contributed by atoms with Crippen molar-refractivity contribution < 1.29 is 23.9 Å². The van der Waals surface area contributed by atoms with E-state index in [0.29, 0.717) is 22.9 Å². The van der Waals surface area contributed by atoms with E-state index < -0.39 is 0 Å². The molecule has 2 aromatic rings. The van der Waals surface area contributed by atoms with E-state index in [0.717, 1.165) is 27.8 Å². The lowest BCUT2D eigenvalue weighted by molar-refractivity contribution is -0.122. The fourth-order valence-corrected chi connectivity index (χ4v) is 3.72. The van der Waals surface area contributed by atoms with E-state index in [2.05, 4.69) is 10.6 Å². The van der Waals surface area contributed by atoms with Crippen molar-refractivity contribution in [1.29, 1.82) is 0 Å². The number of nitrogens with one attached hydrogen (secondary N) is 2. The molecule has 1 aliphatic rings. The van der Waals surface area contributed by atoms with Gasteiger partial charge in [0.15, 0.2) is 0 Å². The number of carbonyl (C=O) groups is 3. The summed E-state index contributed by atoms with van der Waals surface area (Å²) < 4.78 is 10.3. The van der Waals surface area contributed by atoms with Gasteiger partial charge >= 0.3 is 6.03 Å². The Balaban J connectivity index is 1.47. The van der Waals surface area contributed by atoms with E-state index in [4.69, 9.17) is 9.47 Å². The largest absolute Gasteiger partial charge is 0.497 e. The summed E-state index contributed by atoms with van der Waals surface area (Å²) in [6.07, 6.45) is 1.67. The first-order chi connectivity index (χ1) is 15.0. The van der Waals surface area contributed by atoms with Gasteiger partial charge in [-0.1, -0.05) is 24.3 Å². The molecule has 0 unspecified atom stereocenters. The van der Waals surface area contributed by atoms with E-state index in [1.807, 2.05) is 24.3 Å². The Labute approximate surface area is 184 Å². The molecule has 1 fully saturated rings. The minimum atomic E-state index is -0.386. The zero-order chi connectivity index (χ0) is 22.2. The van der Waals surface area contributed by atoms with Crippen LogP contribution in [0.25, 0.3) is 6.08 Å². The summed E-state index contributed by atoms with van der Waals surface area (Å²) in [6, 6.07) is 14.2. The van der Waals surface area contributed by atoms with Crippen molar-refractivity contribution in [2.24, 2.45) is 0 Å². The number of benzene rings is 2. The van der Waals surface area contributed by atoms with Crippen LogP contribution in [0.1, 0.15) is 11.1 Å². The first kappa shape index (κ1) is 22.2. The SMILES string of the molecule is COc1ccc(/C=C2/SC(=O)N(CCNC(=O)NCc3cccc(OC)c3)C2=O)cc1. The Morgan fingerprint density at radius 1 is 1.03 bits per heavy atom. The molecule has 162 valence electrons. The summed E-state index contributed by atoms with van der Waals surface area (Å²) >= 11 is 0.884. The number of hydrogen-bond donors (Lipinski definition) is 2. The molecule has 0 saturated carbocycles. The van der Waals surface area contributed by atoms with Gasteiger partial charge in [-0.05, 0) is 53.2 Å². The second-order valence-corrected chi connectivity index (χ2v) is 7.56. The standard InChI is InChI=1S/C22H23N3O5S/c1-29-17-8-6-15(7-9-17)13-19-20(26)25(22(28)31-19)11-10-23-21(27)24-14-16-4-3-5-18(12-16)30-2/h3-9,12-13H,10-11,14H2,1-2H3,(H2,23,24,27)/b19-13+. The number of amides is 4. The average molecular weight is 442 g/mol. The van der Waals surface area contributed by atoms with Crippen LogP contribution in [-0.2, 0) is 11.3 Å². The Hall–Kier alpha value is -3.46. The van der Waals surface area contributed by atoms with Crippen molar-refractivity contribution in [2.45, 2.75) is 6.54 Å². The minimum absolute atomic E-state index is 0.0944. The molecule has 1 heterocycles. The second kappa shape index (κ2) is 10.5. The number of carbonyl (C=O) groups excluding carboxylic acids is 3. The molecule has 0 radical (unpaired) electrons. The van der Waals surface area contributed by atoms with Crippen molar-refractivity contribution >= 4 is 35.0 Å². The number of thioether (sulfide) groups is 1. The lowest BCUT2D eigenvalue weighted by Crippen LogP contribution is -2.41. The Morgan fingerprint density at radius 3 is 2.48 bits per heavy atom. The van der Waals surface area contributed by atoms with Crippen LogP contribution in [-0.4, -0.2) is 49.4 Å². The van der Waals surface area contributed by atoms with Crippen LogP contribution >= 0.6 is 11.8 Å². The molecule has 31 heavy (non-hydrogen) atoms. The smallest absolute Gasteiger partial charge is 0.315 e. The normalized spacial score (nSPS) is 14.6. The lowest BCUT2D eigenvalue weighted by Gasteiger charge is -2.13. The van der Waals surface area contributed by atoms with Crippen molar-refractivity contribution in [3.05, 3.63) is 64.6 Å². The first-order valence-electron chi connectivity index (χ1n) is 9.54. The maximum absolute atomic E-state index is 12.5. The number of rotatable bonds is 8. The molecule has 2 N–H and O–H groups in total. The highest BCUT2D eigenvalue weighted by Crippen LogP contribution is 2.32. The molecule has 8 nitrogen and oxygen atoms in total. The zero-order valence-electron chi connectivity index (χ0n) is 17.2. The van der Waals surface area contributed by atoms with Gasteiger partial charge in [-0.3, -0.25) is 14.5 Å². The van der Waals surface area contributed by atoms with E-state index in [-0.39, 0.29) is 30.3 Å². The highest BCUT2D eigenvalue weighted by atomic mass is 32.2. The van der Waals surface area contributed by atoms with Gasteiger partial charge in [0, 0.05) is 19.6 Å². The first-order valence-corrected chi connectivity index (χ1v) is 10.4. The molecule has 0 spiro atoms. The third-order valence-electron chi connectivity index (χ3n) is 4.50. The summed E-state index contributed by atoms with van der Waals surface area (Å²) in [6.45, 7) is 0.574. The van der Waals surface area contributed by atoms with E-state index >= 15 is 0 Å². The summed E-state index contributed by atoms with van der Waals surface area (Å²) in [5.74, 6) is 1.05. The molecule has 1 saturated heterocycles. The summed E-state index contributed by atoms with van der Waals surface area (Å²) in [5, 5.41) is 5.03. The zero-order valence-corrected chi connectivity index (χ0v) is 18.0. The van der Waals surface area contributed by atoms with Gasteiger partial charge in [-0.2, -0.15) is 0 Å². The number of nitrogens with zero attached hydrogens (tertiary/aromatic N) is 1. The Morgan fingerprint density at radius 2 is 1.77 bits per heavy atom. The van der Waals surface area contributed by atoms with Crippen molar-refractivity contribution in [1.82, 2.24) is 15.5 Å². The topological polar surface area (TPSA) is 97.0 Å². The molecule has 0 atom stereocenters. The Kier molecular flexibility index (Phi) is 7.55. The maximum atomic E-state index is 12.5. The van der Waals surface area contributed by atoms with Gasteiger partial charge < -0.3 is 20.1 Å². The van der Waals surface area contributed by atoms with Gasteiger partial charge in [0.2, 0.25) is 0 Å².